The summed E-state index contributed by atoms with van der Waals surface area (Å²) in [7, 11) is 0. The second-order valence-corrected chi connectivity index (χ2v) is 5.70. The van der Waals surface area contributed by atoms with E-state index in [9.17, 15) is 9.90 Å². The molecule has 0 unspecified atom stereocenters. The first-order valence-electron chi connectivity index (χ1n) is 7.11. The summed E-state index contributed by atoms with van der Waals surface area (Å²) in [5.41, 5.74) is 0.329. The molecule has 1 amide bonds. The van der Waals surface area contributed by atoms with Gasteiger partial charge < -0.3 is 19.9 Å². The van der Waals surface area contributed by atoms with E-state index in [0.29, 0.717) is 18.1 Å². The summed E-state index contributed by atoms with van der Waals surface area (Å²) in [6.45, 7) is 4.52. The van der Waals surface area contributed by atoms with Crippen molar-refractivity contribution in [3.8, 4) is 0 Å². The van der Waals surface area contributed by atoms with Gasteiger partial charge >= 0.3 is 0 Å². The zero-order chi connectivity index (χ0) is 15.0. The normalized spacial score (nSPS) is 31.4. The second kappa shape index (κ2) is 5.67. The molecular formula is C14H19N3O4. The number of amides is 1. The van der Waals surface area contributed by atoms with Crippen LogP contribution in [0.2, 0.25) is 0 Å². The number of hydrogen-bond acceptors (Lipinski definition) is 6. The van der Waals surface area contributed by atoms with E-state index in [4.69, 9.17) is 9.47 Å². The molecule has 2 N–H and O–H groups in total. The van der Waals surface area contributed by atoms with Crippen LogP contribution in [0.15, 0.2) is 12.3 Å². The number of hydrogen-bond donors (Lipinski definition) is 2. The van der Waals surface area contributed by atoms with Crippen molar-refractivity contribution in [2.24, 2.45) is 0 Å². The Morgan fingerprint density at radius 2 is 2.14 bits per heavy atom. The molecule has 1 aromatic rings. The summed E-state index contributed by atoms with van der Waals surface area (Å²) in [5, 5.41) is 12.5. The van der Waals surface area contributed by atoms with Crippen molar-refractivity contribution in [1.29, 1.82) is 0 Å². The van der Waals surface area contributed by atoms with Crippen molar-refractivity contribution in [2.75, 3.05) is 13.2 Å². The molecule has 0 aromatic carbocycles. The molecule has 0 aliphatic carbocycles. The number of nitrogens with one attached hydrogen (secondary N) is 1. The monoisotopic (exact) mass is 293 g/mol. The SMILES string of the molecule is CC(C)c1nccc(C(=O)N[C@H]2CO[C@H]3[C@@H]2OC[C@H]3O)n1. The number of fused-ring (bicyclic) bond motifs is 1. The maximum atomic E-state index is 12.3. The van der Waals surface area contributed by atoms with Crippen LogP contribution in [-0.4, -0.2) is 58.5 Å². The van der Waals surface area contributed by atoms with E-state index in [2.05, 4.69) is 15.3 Å². The molecule has 0 spiro atoms. The Kier molecular flexibility index (Phi) is 3.88. The highest BCUT2D eigenvalue weighted by Crippen LogP contribution is 2.27. The molecule has 4 atom stereocenters. The number of aliphatic hydroxyl groups excluding tert-OH is 1. The maximum absolute atomic E-state index is 12.3. The molecule has 7 nitrogen and oxygen atoms in total. The van der Waals surface area contributed by atoms with Gasteiger partial charge in [-0.15, -0.1) is 0 Å². The van der Waals surface area contributed by atoms with Crippen LogP contribution in [0.3, 0.4) is 0 Å². The minimum atomic E-state index is -0.622. The average Bonchev–Trinajstić information content (AvgIpc) is 3.03. The Hall–Kier alpha value is -1.57. The van der Waals surface area contributed by atoms with Crippen molar-refractivity contribution in [2.45, 2.75) is 44.1 Å². The molecule has 3 rings (SSSR count). The first kappa shape index (κ1) is 14.4. The fourth-order valence-corrected chi connectivity index (χ4v) is 2.62. The quantitative estimate of drug-likeness (QED) is 0.805. The van der Waals surface area contributed by atoms with Crippen LogP contribution in [0.4, 0.5) is 0 Å². The van der Waals surface area contributed by atoms with Gasteiger partial charge in [0.05, 0.1) is 19.3 Å². The van der Waals surface area contributed by atoms with Gasteiger partial charge in [0, 0.05) is 12.1 Å². The lowest BCUT2D eigenvalue weighted by atomic mass is 10.1. The number of carbonyl (C=O) groups excluding carboxylic acids is 1. The molecule has 0 bridgehead atoms. The molecule has 114 valence electrons. The summed E-state index contributed by atoms with van der Waals surface area (Å²) in [5.74, 6) is 0.513. The van der Waals surface area contributed by atoms with Crippen LogP contribution in [-0.2, 0) is 9.47 Å². The van der Waals surface area contributed by atoms with E-state index in [1.54, 1.807) is 12.3 Å². The third kappa shape index (κ3) is 2.76. The highest BCUT2D eigenvalue weighted by Gasteiger charge is 2.47. The van der Waals surface area contributed by atoms with Gasteiger partial charge in [0.1, 0.15) is 29.8 Å². The topological polar surface area (TPSA) is 93.6 Å². The first-order valence-corrected chi connectivity index (χ1v) is 7.11. The van der Waals surface area contributed by atoms with Crippen LogP contribution >= 0.6 is 0 Å². The van der Waals surface area contributed by atoms with Crippen LogP contribution < -0.4 is 5.32 Å². The zero-order valence-corrected chi connectivity index (χ0v) is 12.0. The third-order valence-electron chi connectivity index (χ3n) is 3.77. The van der Waals surface area contributed by atoms with E-state index < -0.39 is 6.10 Å². The fourth-order valence-electron chi connectivity index (χ4n) is 2.62. The third-order valence-corrected chi connectivity index (χ3v) is 3.77. The van der Waals surface area contributed by atoms with Crippen LogP contribution in [0.1, 0.15) is 36.1 Å². The van der Waals surface area contributed by atoms with Crippen molar-refractivity contribution in [3.05, 3.63) is 23.8 Å². The second-order valence-electron chi connectivity index (χ2n) is 5.70. The van der Waals surface area contributed by atoms with Crippen LogP contribution in [0.5, 0.6) is 0 Å². The van der Waals surface area contributed by atoms with Crippen molar-refractivity contribution in [1.82, 2.24) is 15.3 Å². The van der Waals surface area contributed by atoms with Crippen molar-refractivity contribution >= 4 is 5.91 Å². The lowest BCUT2D eigenvalue weighted by molar-refractivity contribution is 0.0178. The molecule has 0 radical (unpaired) electrons. The standard InChI is InChI=1S/C14H19N3O4/c1-7(2)13-15-4-3-8(16-13)14(19)17-9-5-20-12-10(18)6-21-11(9)12/h3-4,7,9-12,18H,5-6H2,1-2H3,(H,17,19)/t9-,10+,11+,12+/m0/s1. The van der Waals surface area contributed by atoms with E-state index in [1.165, 1.54) is 0 Å². The Morgan fingerprint density at radius 1 is 1.38 bits per heavy atom. The largest absolute Gasteiger partial charge is 0.388 e. The number of ether oxygens (including phenoxy) is 2. The van der Waals surface area contributed by atoms with Gasteiger partial charge in [0.2, 0.25) is 0 Å². The molecule has 7 heteroatoms. The van der Waals surface area contributed by atoms with Crippen molar-refractivity contribution < 1.29 is 19.4 Å². The molecule has 2 saturated heterocycles. The smallest absolute Gasteiger partial charge is 0.270 e. The number of carbonyl (C=O) groups is 1. The Bertz CT molecular complexity index is 537. The van der Waals surface area contributed by atoms with E-state index in [0.717, 1.165) is 0 Å². The Labute approximate surface area is 122 Å². The molecule has 1 aromatic heterocycles. The van der Waals surface area contributed by atoms with Crippen LogP contribution in [0.25, 0.3) is 0 Å². The minimum absolute atomic E-state index is 0.158. The number of nitrogens with zero attached hydrogens (tertiary/aromatic N) is 2. The van der Waals surface area contributed by atoms with Gasteiger partial charge in [-0.25, -0.2) is 9.97 Å². The summed E-state index contributed by atoms with van der Waals surface area (Å²) >= 11 is 0. The predicted molar refractivity (Wildman–Crippen MR) is 72.9 cm³/mol. The summed E-state index contributed by atoms with van der Waals surface area (Å²) in [4.78, 5) is 20.7. The zero-order valence-electron chi connectivity index (χ0n) is 12.0. The molecule has 21 heavy (non-hydrogen) atoms. The van der Waals surface area contributed by atoms with Gasteiger partial charge in [-0.05, 0) is 6.07 Å². The Morgan fingerprint density at radius 3 is 2.90 bits per heavy atom. The highest BCUT2D eigenvalue weighted by molar-refractivity contribution is 5.92. The molecular weight excluding hydrogens is 274 g/mol. The number of rotatable bonds is 3. The number of aromatic nitrogens is 2. The van der Waals surface area contributed by atoms with Crippen LogP contribution in [0, 0.1) is 0 Å². The maximum Gasteiger partial charge on any atom is 0.270 e. The molecule has 0 saturated carbocycles. The summed E-state index contributed by atoms with van der Waals surface area (Å²) in [6, 6.07) is 1.32. The van der Waals surface area contributed by atoms with E-state index >= 15 is 0 Å². The molecule has 2 aliphatic rings. The van der Waals surface area contributed by atoms with Gasteiger partial charge in [0.25, 0.3) is 5.91 Å². The molecule has 3 heterocycles. The highest BCUT2D eigenvalue weighted by atomic mass is 16.6. The lowest BCUT2D eigenvalue weighted by Crippen LogP contribution is -2.44. The summed E-state index contributed by atoms with van der Waals surface area (Å²) < 4.78 is 11.0. The predicted octanol–water partition coefficient (Wildman–Crippen LogP) is -0.143. The van der Waals surface area contributed by atoms with Gasteiger partial charge in [-0.2, -0.15) is 0 Å². The molecule has 2 aliphatic heterocycles. The van der Waals surface area contributed by atoms with Gasteiger partial charge in [0.15, 0.2) is 0 Å². The molecule has 2 fully saturated rings. The number of aliphatic hydroxyl groups is 1. The van der Waals surface area contributed by atoms with E-state index in [1.807, 2.05) is 13.8 Å². The van der Waals surface area contributed by atoms with Gasteiger partial charge in [-0.1, -0.05) is 13.8 Å². The summed E-state index contributed by atoms with van der Waals surface area (Å²) in [6.07, 6.45) is 0.312. The van der Waals surface area contributed by atoms with E-state index in [-0.39, 0.29) is 36.7 Å². The van der Waals surface area contributed by atoms with Gasteiger partial charge in [-0.3, -0.25) is 4.79 Å². The fraction of sp³-hybridized carbons (Fsp3) is 0.643. The minimum Gasteiger partial charge on any atom is -0.388 e. The first-order chi connectivity index (χ1) is 10.1. The van der Waals surface area contributed by atoms with Crippen molar-refractivity contribution in [3.63, 3.8) is 0 Å². The lowest BCUT2D eigenvalue weighted by Gasteiger charge is -2.17. The average molecular weight is 293 g/mol. The Balaban J connectivity index is 1.68.